The monoisotopic (exact) mass is 265 g/mol. The van der Waals surface area contributed by atoms with E-state index in [4.69, 9.17) is 0 Å². The van der Waals surface area contributed by atoms with Crippen LogP contribution in [0.1, 0.15) is 18.9 Å². The average Bonchev–Trinajstić information content (AvgIpc) is 2.25. The molecule has 2 heteroatoms. The van der Waals surface area contributed by atoms with E-state index >= 15 is 0 Å². The Hall–Kier alpha value is -0.600. The first kappa shape index (κ1) is 10.9. The van der Waals surface area contributed by atoms with Gasteiger partial charge in [-0.25, -0.2) is 0 Å². The van der Waals surface area contributed by atoms with Crippen molar-refractivity contribution in [3.05, 3.63) is 46.0 Å². The molecule has 1 aliphatic rings. The van der Waals surface area contributed by atoms with Crippen molar-refractivity contribution in [2.24, 2.45) is 0 Å². The van der Waals surface area contributed by atoms with Crippen LogP contribution in [0.3, 0.4) is 0 Å². The molecule has 0 amide bonds. The highest BCUT2D eigenvalue weighted by Crippen LogP contribution is 2.23. The SMILES string of the molecule is CC1=C(Br)CCN(Cc2ccccc2)C1. The molecular formula is C13H16BrN. The van der Waals surface area contributed by atoms with Gasteiger partial charge in [-0.2, -0.15) is 0 Å². The van der Waals surface area contributed by atoms with Gasteiger partial charge in [-0.05, 0) is 29.0 Å². The molecule has 1 nitrogen and oxygen atoms in total. The molecule has 1 aromatic rings. The van der Waals surface area contributed by atoms with Crippen molar-refractivity contribution < 1.29 is 0 Å². The van der Waals surface area contributed by atoms with E-state index < -0.39 is 0 Å². The fraction of sp³-hybridized carbons (Fsp3) is 0.385. The molecule has 0 fully saturated rings. The van der Waals surface area contributed by atoms with Crippen molar-refractivity contribution >= 4 is 15.9 Å². The van der Waals surface area contributed by atoms with Crippen LogP contribution in [-0.2, 0) is 6.54 Å². The van der Waals surface area contributed by atoms with E-state index in [1.807, 2.05) is 0 Å². The van der Waals surface area contributed by atoms with E-state index in [1.54, 1.807) is 0 Å². The second-order valence-corrected chi connectivity index (χ2v) is 5.09. The van der Waals surface area contributed by atoms with Crippen molar-refractivity contribution in [2.45, 2.75) is 19.9 Å². The molecule has 1 aromatic carbocycles. The van der Waals surface area contributed by atoms with E-state index in [-0.39, 0.29) is 0 Å². The van der Waals surface area contributed by atoms with Crippen molar-refractivity contribution in [1.82, 2.24) is 4.90 Å². The summed E-state index contributed by atoms with van der Waals surface area (Å²) in [6.07, 6.45) is 1.15. The Bertz CT molecular complexity index is 356. The van der Waals surface area contributed by atoms with Crippen LogP contribution < -0.4 is 0 Å². The van der Waals surface area contributed by atoms with Crippen LogP contribution >= 0.6 is 15.9 Å². The summed E-state index contributed by atoms with van der Waals surface area (Å²) in [6.45, 7) is 5.53. The highest BCUT2D eigenvalue weighted by atomic mass is 79.9. The standard InChI is InChI=1S/C13H16BrN/c1-11-9-15(8-7-13(11)14)10-12-5-3-2-4-6-12/h2-6H,7-10H2,1H3. The van der Waals surface area contributed by atoms with E-state index in [0.717, 1.165) is 26.1 Å². The van der Waals surface area contributed by atoms with Gasteiger partial charge in [-0.3, -0.25) is 4.90 Å². The summed E-state index contributed by atoms with van der Waals surface area (Å²) in [6, 6.07) is 10.7. The Morgan fingerprint density at radius 2 is 2.00 bits per heavy atom. The molecule has 15 heavy (non-hydrogen) atoms. The number of hydrogen-bond donors (Lipinski definition) is 0. The molecule has 2 rings (SSSR count). The third-order valence-corrected chi connectivity index (χ3v) is 3.89. The predicted octanol–water partition coefficient (Wildman–Crippen LogP) is 3.56. The summed E-state index contributed by atoms with van der Waals surface area (Å²) in [5.74, 6) is 0. The maximum atomic E-state index is 3.62. The van der Waals surface area contributed by atoms with Gasteiger partial charge in [0, 0.05) is 19.6 Å². The Kier molecular flexibility index (Phi) is 3.60. The topological polar surface area (TPSA) is 3.24 Å². The van der Waals surface area contributed by atoms with Crippen LogP contribution in [0, 0.1) is 0 Å². The van der Waals surface area contributed by atoms with Gasteiger partial charge in [0.2, 0.25) is 0 Å². The molecule has 0 bridgehead atoms. The molecule has 0 saturated carbocycles. The molecule has 80 valence electrons. The van der Waals surface area contributed by atoms with Gasteiger partial charge in [0.1, 0.15) is 0 Å². The van der Waals surface area contributed by atoms with E-state index in [2.05, 4.69) is 58.1 Å². The second-order valence-electron chi connectivity index (χ2n) is 4.13. The van der Waals surface area contributed by atoms with E-state index in [9.17, 15) is 0 Å². The molecule has 0 unspecified atom stereocenters. The van der Waals surface area contributed by atoms with Gasteiger partial charge in [-0.1, -0.05) is 46.3 Å². The second kappa shape index (κ2) is 4.95. The van der Waals surface area contributed by atoms with Crippen molar-refractivity contribution in [3.8, 4) is 0 Å². The Labute approximate surface area is 99.9 Å². The zero-order valence-corrected chi connectivity index (χ0v) is 10.6. The van der Waals surface area contributed by atoms with Gasteiger partial charge in [0.05, 0.1) is 0 Å². The third kappa shape index (κ3) is 2.93. The Morgan fingerprint density at radius 1 is 1.27 bits per heavy atom. The summed E-state index contributed by atoms with van der Waals surface area (Å²) in [5, 5.41) is 0. The van der Waals surface area contributed by atoms with Gasteiger partial charge >= 0.3 is 0 Å². The number of benzene rings is 1. The van der Waals surface area contributed by atoms with Crippen LogP contribution in [-0.4, -0.2) is 18.0 Å². The minimum atomic E-state index is 1.07. The van der Waals surface area contributed by atoms with Gasteiger partial charge in [0.15, 0.2) is 0 Å². The minimum absolute atomic E-state index is 1.07. The number of halogens is 1. The van der Waals surface area contributed by atoms with Gasteiger partial charge < -0.3 is 0 Å². The molecule has 1 aliphatic heterocycles. The first-order chi connectivity index (χ1) is 7.25. The number of hydrogen-bond acceptors (Lipinski definition) is 1. The first-order valence-corrected chi connectivity index (χ1v) is 6.15. The number of nitrogens with zero attached hydrogens (tertiary/aromatic N) is 1. The number of rotatable bonds is 2. The van der Waals surface area contributed by atoms with Crippen molar-refractivity contribution in [2.75, 3.05) is 13.1 Å². The lowest BCUT2D eigenvalue weighted by Gasteiger charge is -2.27. The van der Waals surface area contributed by atoms with E-state index in [0.29, 0.717) is 0 Å². The van der Waals surface area contributed by atoms with Crippen LogP contribution in [0.5, 0.6) is 0 Å². The molecule has 1 heterocycles. The summed E-state index contributed by atoms with van der Waals surface area (Å²) in [5.41, 5.74) is 2.88. The van der Waals surface area contributed by atoms with Crippen molar-refractivity contribution in [1.29, 1.82) is 0 Å². The maximum absolute atomic E-state index is 3.62. The summed E-state index contributed by atoms with van der Waals surface area (Å²) < 4.78 is 1.40. The largest absolute Gasteiger partial charge is 0.295 e. The molecule has 0 radical (unpaired) electrons. The fourth-order valence-electron chi connectivity index (χ4n) is 1.95. The zero-order chi connectivity index (χ0) is 10.7. The Morgan fingerprint density at radius 3 is 2.67 bits per heavy atom. The first-order valence-electron chi connectivity index (χ1n) is 5.36. The summed E-state index contributed by atoms with van der Waals surface area (Å²) in [4.78, 5) is 2.50. The third-order valence-electron chi connectivity index (χ3n) is 2.82. The Balaban J connectivity index is 1.98. The summed E-state index contributed by atoms with van der Waals surface area (Å²) >= 11 is 3.62. The van der Waals surface area contributed by atoms with Gasteiger partial charge in [0.25, 0.3) is 0 Å². The van der Waals surface area contributed by atoms with Crippen molar-refractivity contribution in [3.63, 3.8) is 0 Å². The minimum Gasteiger partial charge on any atom is -0.295 e. The molecule has 0 saturated heterocycles. The van der Waals surface area contributed by atoms with Crippen LogP contribution in [0.2, 0.25) is 0 Å². The lowest BCUT2D eigenvalue weighted by Crippen LogP contribution is -2.29. The van der Waals surface area contributed by atoms with Crippen LogP contribution in [0.4, 0.5) is 0 Å². The molecule has 0 N–H and O–H groups in total. The normalized spacial score (nSPS) is 18.3. The maximum Gasteiger partial charge on any atom is 0.0237 e. The summed E-state index contributed by atoms with van der Waals surface area (Å²) in [7, 11) is 0. The molecule has 0 atom stereocenters. The predicted molar refractivity (Wildman–Crippen MR) is 68.0 cm³/mol. The van der Waals surface area contributed by atoms with E-state index in [1.165, 1.54) is 15.6 Å². The molecule has 0 aromatic heterocycles. The lowest BCUT2D eigenvalue weighted by atomic mass is 10.1. The molecule has 0 aliphatic carbocycles. The quantitative estimate of drug-likeness (QED) is 0.791. The van der Waals surface area contributed by atoms with Crippen LogP contribution in [0.15, 0.2) is 40.4 Å². The highest BCUT2D eigenvalue weighted by molar-refractivity contribution is 9.11. The highest BCUT2D eigenvalue weighted by Gasteiger charge is 2.14. The lowest BCUT2D eigenvalue weighted by molar-refractivity contribution is 0.281. The van der Waals surface area contributed by atoms with Gasteiger partial charge in [-0.15, -0.1) is 0 Å². The smallest absolute Gasteiger partial charge is 0.0237 e. The molecular weight excluding hydrogens is 250 g/mol. The average molecular weight is 266 g/mol. The van der Waals surface area contributed by atoms with Crippen LogP contribution in [0.25, 0.3) is 0 Å². The molecule has 0 spiro atoms. The zero-order valence-electron chi connectivity index (χ0n) is 9.04. The fourth-order valence-corrected chi connectivity index (χ4v) is 2.25.